The summed E-state index contributed by atoms with van der Waals surface area (Å²) < 4.78 is 11.3. The fourth-order valence-electron chi connectivity index (χ4n) is 1.49. The van der Waals surface area contributed by atoms with E-state index in [9.17, 15) is 4.79 Å². The van der Waals surface area contributed by atoms with Gasteiger partial charge < -0.3 is 9.47 Å². The average Bonchev–Trinajstić information content (AvgIpc) is 2.25. The van der Waals surface area contributed by atoms with Crippen molar-refractivity contribution in [1.29, 1.82) is 0 Å². The molecule has 0 bridgehead atoms. The van der Waals surface area contributed by atoms with E-state index >= 15 is 0 Å². The molecule has 5 nitrogen and oxygen atoms in total. The molecule has 1 rings (SSSR count). The fraction of sp³-hybridized carbons (Fsp3) is 0.538. The molecule has 1 heterocycles. The Labute approximate surface area is 121 Å². The van der Waals surface area contributed by atoms with Crippen molar-refractivity contribution in [1.82, 2.24) is 4.98 Å². The monoisotopic (exact) mass is 330 g/mol. The topological polar surface area (TPSA) is 60.5 Å². The number of amides is 1. The van der Waals surface area contributed by atoms with Crippen LogP contribution in [0.5, 0.6) is 0 Å². The van der Waals surface area contributed by atoms with E-state index in [0.717, 1.165) is 10.0 Å². The van der Waals surface area contributed by atoms with Crippen molar-refractivity contribution < 1.29 is 14.3 Å². The summed E-state index contributed by atoms with van der Waals surface area (Å²) >= 11 is 3.41. The largest absolute Gasteiger partial charge is 0.444 e. The molecule has 19 heavy (non-hydrogen) atoms. The van der Waals surface area contributed by atoms with Crippen LogP contribution in [0.15, 0.2) is 16.9 Å². The number of halogens is 1. The Kier molecular flexibility index (Phi) is 5.31. The number of hydrogen-bond acceptors (Lipinski definition) is 4. The number of nitrogens with one attached hydrogen (secondary N) is 1. The molecule has 0 aromatic carbocycles. The maximum Gasteiger partial charge on any atom is 0.412 e. The third-order valence-corrected chi connectivity index (χ3v) is 2.97. The second-order valence-corrected chi connectivity index (χ2v) is 5.94. The minimum Gasteiger partial charge on any atom is -0.444 e. The molecule has 0 spiro atoms. The van der Waals surface area contributed by atoms with E-state index in [-0.39, 0.29) is 6.10 Å². The van der Waals surface area contributed by atoms with Crippen LogP contribution in [0.1, 0.15) is 39.4 Å². The molecule has 1 N–H and O–H groups in total. The van der Waals surface area contributed by atoms with E-state index in [1.54, 1.807) is 19.5 Å². The van der Waals surface area contributed by atoms with Crippen molar-refractivity contribution in [2.45, 2.75) is 39.4 Å². The molecule has 1 amide bonds. The van der Waals surface area contributed by atoms with Gasteiger partial charge in [0.1, 0.15) is 5.60 Å². The lowest BCUT2D eigenvalue weighted by Crippen LogP contribution is -2.27. The van der Waals surface area contributed by atoms with Gasteiger partial charge in [-0.05, 0) is 43.6 Å². The van der Waals surface area contributed by atoms with E-state index in [1.165, 1.54) is 0 Å². The zero-order chi connectivity index (χ0) is 14.6. The van der Waals surface area contributed by atoms with E-state index in [2.05, 4.69) is 26.2 Å². The maximum absolute atomic E-state index is 11.8. The predicted octanol–water partition coefficient (Wildman–Crippen LogP) is 3.90. The number of methoxy groups -OCH3 is 1. The molecule has 106 valence electrons. The summed E-state index contributed by atoms with van der Waals surface area (Å²) in [7, 11) is 1.61. The van der Waals surface area contributed by atoms with Crippen molar-refractivity contribution in [3.63, 3.8) is 0 Å². The molecule has 1 aromatic rings. The fourth-order valence-corrected chi connectivity index (χ4v) is 2.14. The first kappa shape index (κ1) is 15.9. The molecule has 0 radical (unpaired) electrons. The summed E-state index contributed by atoms with van der Waals surface area (Å²) in [4.78, 5) is 15.8. The molecule has 0 saturated heterocycles. The molecule has 0 fully saturated rings. The van der Waals surface area contributed by atoms with Crippen molar-refractivity contribution >= 4 is 27.7 Å². The third-order valence-electron chi connectivity index (χ3n) is 2.33. The molecule has 0 aliphatic heterocycles. The molecule has 1 unspecified atom stereocenters. The van der Waals surface area contributed by atoms with Gasteiger partial charge in [-0.3, -0.25) is 10.3 Å². The SMILES string of the molecule is COC(C)c1c(Br)cncc1NC(=O)OC(C)(C)C. The quantitative estimate of drug-likeness (QED) is 0.912. The first-order chi connectivity index (χ1) is 8.74. The molecule has 6 heteroatoms. The number of carbonyl (C=O) groups is 1. The normalized spacial score (nSPS) is 12.9. The van der Waals surface area contributed by atoms with E-state index < -0.39 is 11.7 Å². The molecule has 0 saturated carbocycles. The Hall–Kier alpha value is -1.14. The van der Waals surface area contributed by atoms with Gasteiger partial charge in [-0.1, -0.05) is 0 Å². The predicted molar refractivity (Wildman–Crippen MR) is 77.2 cm³/mol. The van der Waals surface area contributed by atoms with Crippen LogP contribution in [0.2, 0.25) is 0 Å². The Balaban J connectivity index is 2.95. The van der Waals surface area contributed by atoms with Crippen LogP contribution < -0.4 is 5.32 Å². The Morgan fingerprint density at radius 3 is 2.58 bits per heavy atom. The average molecular weight is 331 g/mol. The van der Waals surface area contributed by atoms with Crippen LogP contribution in [0.3, 0.4) is 0 Å². The number of pyridine rings is 1. The lowest BCUT2D eigenvalue weighted by atomic mass is 10.1. The van der Waals surface area contributed by atoms with Gasteiger partial charge in [0.2, 0.25) is 0 Å². The molecule has 1 atom stereocenters. The van der Waals surface area contributed by atoms with Crippen molar-refractivity contribution in [2.75, 3.05) is 12.4 Å². The molecule has 0 aliphatic carbocycles. The van der Waals surface area contributed by atoms with Gasteiger partial charge in [-0.2, -0.15) is 0 Å². The van der Waals surface area contributed by atoms with Crippen LogP contribution in [0, 0.1) is 0 Å². The summed E-state index contributed by atoms with van der Waals surface area (Å²) in [6.07, 6.45) is 2.53. The van der Waals surface area contributed by atoms with Gasteiger partial charge in [-0.25, -0.2) is 4.79 Å². The summed E-state index contributed by atoms with van der Waals surface area (Å²) in [6.45, 7) is 7.32. The maximum atomic E-state index is 11.8. The Bertz CT molecular complexity index is 458. The number of anilines is 1. The lowest BCUT2D eigenvalue weighted by Gasteiger charge is -2.21. The van der Waals surface area contributed by atoms with Crippen molar-refractivity contribution in [3.05, 3.63) is 22.4 Å². The van der Waals surface area contributed by atoms with Crippen LogP contribution in [-0.4, -0.2) is 23.8 Å². The molecular weight excluding hydrogens is 312 g/mol. The second-order valence-electron chi connectivity index (χ2n) is 5.09. The van der Waals surface area contributed by atoms with E-state index in [1.807, 2.05) is 27.7 Å². The van der Waals surface area contributed by atoms with Gasteiger partial charge in [0, 0.05) is 23.3 Å². The van der Waals surface area contributed by atoms with Crippen LogP contribution in [-0.2, 0) is 9.47 Å². The summed E-state index contributed by atoms with van der Waals surface area (Å²) in [6, 6.07) is 0. The zero-order valence-electron chi connectivity index (χ0n) is 11.8. The first-order valence-electron chi connectivity index (χ1n) is 5.91. The van der Waals surface area contributed by atoms with Gasteiger partial charge in [0.25, 0.3) is 0 Å². The third kappa shape index (κ3) is 4.80. The van der Waals surface area contributed by atoms with Gasteiger partial charge in [0.15, 0.2) is 0 Å². The number of aromatic nitrogens is 1. The smallest absolute Gasteiger partial charge is 0.412 e. The van der Waals surface area contributed by atoms with Crippen molar-refractivity contribution in [2.24, 2.45) is 0 Å². The Morgan fingerprint density at radius 1 is 1.42 bits per heavy atom. The molecular formula is C13H19BrN2O3. The summed E-state index contributed by atoms with van der Waals surface area (Å²) in [5.41, 5.74) is 0.845. The summed E-state index contributed by atoms with van der Waals surface area (Å²) in [5.74, 6) is 0. The highest BCUT2D eigenvalue weighted by atomic mass is 79.9. The lowest BCUT2D eigenvalue weighted by molar-refractivity contribution is 0.0635. The minimum atomic E-state index is -0.545. The second kappa shape index (κ2) is 6.34. The number of hydrogen-bond donors (Lipinski definition) is 1. The van der Waals surface area contributed by atoms with Crippen molar-refractivity contribution in [3.8, 4) is 0 Å². The van der Waals surface area contributed by atoms with E-state index in [0.29, 0.717) is 5.69 Å². The van der Waals surface area contributed by atoms with Gasteiger partial charge in [-0.15, -0.1) is 0 Å². The van der Waals surface area contributed by atoms with Crippen LogP contribution in [0.25, 0.3) is 0 Å². The molecule has 1 aromatic heterocycles. The summed E-state index contributed by atoms with van der Waals surface area (Å²) in [5, 5.41) is 2.69. The number of nitrogens with zero attached hydrogens (tertiary/aromatic N) is 1. The number of ether oxygens (including phenoxy) is 2. The Morgan fingerprint density at radius 2 is 2.05 bits per heavy atom. The molecule has 0 aliphatic rings. The highest BCUT2D eigenvalue weighted by Gasteiger charge is 2.20. The van der Waals surface area contributed by atoms with Gasteiger partial charge >= 0.3 is 6.09 Å². The minimum absolute atomic E-state index is 0.178. The van der Waals surface area contributed by atoms with Crippen LogP contribution >= 0.6 is 15.9 Å². The number of carbonyl (C=O) groups excluding carboxylic acids is 1. The van der Waals surface area contributed by atoms with Gasteiger partial charge in [0.05, 0.1) is 18.0 Å². The van der Waals surface area contributed by atoms with E-state index in [4.69, 9.17) is 9.47 Å². The highest BCUT2D eigenvalue weighted by molar-refractivity contribution is 9.10. The standard InChI is InChI=1S/C13H19BrN2O3/c1-8(18-5)11-9(14)6-15-7-10(11)16-12(17)19-13(2,3)4/h6-8H,1-5H3,(H,16,17). The first-order valence-corrected chi connectivity index (χ1v) is 6.70. The highest BCUT2D eigenvalue weighted by Crippen LogP contribution is 2.31. The zero-order valence-corrected chi connectivity index (χ0v) is 13.4. The number of rotatable bonds is 3. The van der Waals surface area contributed by atoms with Crippen LogP contribution in [0.4, 0.5) is 10.5 Å².